The highest BCUT2D eigenvalue weighted by Gasteiger charge is 2.24. The molecule has 1 amide bonds. The van der Waals surface area contributed by atoms with E-state index in [1.54, 1.807) is 12.3 Å². The quantitative estimate of drug-likeness (QED) is 0.682. The maximum atomic E-state index is 12.4. The molecule has 0 aliphatic rings. The van der Waals surface area contributed by atoms with E-state index in [1.807, 2.05) is 20.8 Å². The number of pyridine rings is 1. The van der Waals surface area contributed by atoms with Gasteiger partial charge in [0.25, 0.3) is 5.56 Å². The van der Waals surface area contributed by atoms with Crippen molar-refractivity contribution in [2.75, 3.05) is 6.54 Å². The largest absolute Gasteiger partial charge is 0.481 e. The third-order valence-corrected chi connectivity index (χ3v) is 3.65. The molecule has 0 radical (unpaired) electrons. The minimum absolute atomic E-state index is 0.0125. The van der Waals surface area contributed by atoms with Crippen molar-refractivity contribution in [2.24, 2.45) is 5.92 Å². The van der Waals surface area contributed by atoms with Gasteiger partial charge in [0.15, 0.2) is 0 Å². The van der Waals surface area contributed by atoms with Crippen molar-refractivity contribution in [1.29, 1.82) is 0 Å². The lowest BCUT2D eigenvalue weighted by molar-refractivity contribution is -0.137. The number of nitrogens with one attached hydrogen (secondary N) is 1. The van der Waals surface area contributed by atoms with Gasteiger partial charge in [0.2, 0.25) is 5.91 Å². The van der Waals surface area contributed by atoms with E-state index >= 15 is 0 Å². The fraction of sp³-hybridized carbons (Fsp3) is 0.588. The number of carbonyl (C=O) groups excluding carboxylic acids is 1. The summed E-state index contributed by atoms with van der Waals surface area (Å²) in [4.78, 5) is 34.9. The lowest BCUT2D eigenvalue weighted by atomic mass is 10.0. The van der Waals surface area contributed by atoms with Gasteiger partial charge in [-0.2, -0.15) is 0 Å². The molecule has 128 valence electrons. The summed E-state index contributed by atoms with van der Waals surface area (Å²) in [5.41, 5.74) is 0.739. The Morgan fingerprint density at radius 3 is 2.52 bits per heavy atom. The number of aryl methyl sites for hydroxylation is 1. The van der Waals surface area contributed by atoms with Crippen molar-refractivity contribution in [1.82, 2.24) is 9.88 Å². The molecule has 0 aliphatic carbocycles. The first-order valence-corrected chi connectivity index (χ1v) is 8.01. The van der Waals surface area contributed by atoms with Crippen LogP contribution in [0.5, 0.6) is 0 Å². The number of nitrogens with zero attached hydrogens (tertiary/aromatic N) is 1. The second kappa shape index (κ2) is 9.12. The molecule has 0 aliphatic heterocycles. The Morgan fingerprint density at radius 1 is 1.22 bits per heavy atom. The second-order valence-corrected chi connectivity index (χ2v) is 6.14. The molecule has 1 rings (SSSR count). The fourth-order valence-corrected chi connectivity index (χ4v) is 2.48. The van der Waals surface area contributed by atoms with Gasteiger partial charge < -0.3 is 15.0 Å². The minimum atomic E-state index is -0.798. The van der Waals surface area contributed by atoms with Crippen molar-refractivity contribution >= 4 is 11.9 Å². The zero-order valence-corrected chi connectivity index (χ0v) is 14.0. The third-order valence-electron chi connectivity index (χ3n) is 3.65. The van der Waals surface area contributed by atoms with Crippen molar-refractivity contribution < 1.29 is 14.7 Å². The van der Waals surface area contributed by atoms with E-state index in [4.69, 9.17) is 5.11 Å². The number of rotatable bonds is 9. The Balaban J connectivity index is 2.61. The molecule has 6 nitrogen and oxygen atoms in total. The van der Waals surface area contributed by atoms with Crippen LogP contribution in [0, 0.1) is 12.8 Å². The second-order valence-electron chi connectivity index (χ2n) is 6.14. The molecular weight excluding hydrogens is 296 g/mol. The van der Waals surface area contributed by atoms with Crippen LogP contribution in [0.2, 0.25) is 0 Å². The average Bonchev–Trinajstić information content (AvgIpc) is 2.46. The molecule has 0 bridgehead atoms. The van der Waals surface area contributed by atoms with Crippen molar-refractivity contribution in [3.05, 3.63) is 34.2 Å². The van der Waals surface area contributed by atoms with E-state index in [9.17, 15) is 14.4 Å². The van der Waals surface area contributed by atoms with Gasteiger partial charge in [-0.15, -0.1) is 0 Å². The van der Waals surface area contributed by atoms with Crippen LogP contribution >= 0.6 is 0 Å². The smallest absolute Gasteiger partial charge is 0.303 e. The number of aromatic nitrogens is 1. The first kappa shape index (κ1) is 18.9. The summed E-state index contributed by atoms with van der Waals surface area (Å²) in [6, 6.07) is 2.67. The average molecular weight is 322 g/mol. The molecule has 0 saturated carbocycles. The predicted molar refractivity (Wildman–Crippen MR) is 88.4 cm³/mol. The van der Waals surface area contributed by atoms with Crippen molar-refractivity contribution in [3.8, 4) is 0 Å². The Bertz CT molecular complexity index is 593. The molecule has 23 heavy (non-hydrogen) atoms. The normalized spacial score (nSPS) is 12.2. The minimum Gasteiger partial charge on any atom is -0.481 e. The molecule has 0 spiro atoms. The van der Waals surface area contributed by atoms with Crippen molar-refractivity contribution in [2.45, 2.75) is 52.5 Å². The first-order valence-electron chi connectivity index (χ1n) is 8.01. The summed E-state index contributed by atoms with van der Waals surface area (Å²) < 4.78 is 1.49. The first-order chi connectivity index (χ1) is 10.8. The maximum absolute atomic E-state index is 12.4. The zero-order valence-electron chi connectivity index (χ0n) is 14.0. The summed E-state index contributed by atoms with van der Waals surface area (Å²) >= 11 is 0. The van der Waals surface area contributed by atoms with E-state index in [-0.39, 0.29) is 23.8 Å². The predicted octanol–water partition coefficient (Wildman–Crippen LogP) is 2.12. The van der Waals surface area contributed by atoms with E-state index in [0.29, 0.717) is 13.0 Å². The zero-order chi connectivity index (χ0) is 17.4. The van der Waals surface area contributed by atoms with E-state index in [0.717, 1.165) is 18.4 Å². The molecule has 1 unspecified atom stereocenters. The standard InChI is InChI=1S/C17H26N2O4/c1-12(2)16(19-11-13(3)8-9-14(19)20)17(23)18-10-6-4-5-7-15(21)22/h8-9,11-12,16H,4-7,10H2,1-3H3,(H,18,23)(H,21,22). The molecule has 1 atom stereocenters. The van der Waals surface area contributed by atoms with Gasteiger partial charge in [-0.25, -0.2) is 0 Å². The topological polar surface area (TPSA) is 88.4 Å². The number of aliphatic carboxylic acids is 1. The van der Waals surface area contributed by atoms with E-state index < -0.39 is 12.0 Å². The third kappa shape index (κ3) is 6.26. The number of amides is 1. The van der Waals surface area contributed by atoms with Gasteiger partial charge >= 0.3 is 5.97 Å². The number of hydrogen-bond acceptors (Lipinski definition) is 3. The Morgan fingerprint density at radius 2 is 1.91 bits per heavy atom. The highest BCUT2D eigenvalue weighted by atomic mass is 16.4. The monoisotopic (exact) mass is 322 g/mol. The molecule has 1 aromatic heterocycles. The van der Waals surface area contributed by atoms with Gasteiger partial charge in [0.1, 0.15) is 6.04 Å². The molecule has 1 heterocycles. The molecule has 0 saturated heterocycles. The number of carboxylic acid groups (broad SMARTS) is 1. The Labute approximate surface area is 136 Å². The van der Waals surface area contributed by atoms with Crippen LogP contribution < -0.4 is 10.9 Å². The van der Waals surface area contributed by atoms with E-state index in [2.05, 4.69) is 5.32 Å². The number of carbonyl (C=O) groups is 2. The summed E-state index contributed by atoms with van der Waals surface area (Å²) in [5.74, 6) is -0.986. The van der Waals surface area contributed by atoms with Gasteiger partial charge in [0, 0.05) is 25.2 Å². The van der Waals surface area contributed by atoms with Gasteiger partial charge in [-0.3, -0.25) is 14.4 Å². The SMILES string of the molecule is Cc1ccc(=O)n(C(C(=O)NCCCCCC(=O)O)C(C)C)c1. The summed E-state index contributed by atoms with van der Waals surface area (Å²) in [6.45, 7) is 6.19. The summed E-state index contributed by atoms with van der Waals surface area (Å²) in [5, 5.41) is 11.4. The van der Waals surface area contributed by atoms with Gasteiger partial charge in [0.05, 0.1) is 0 Å². The van der Waals surface area contributed by atoms with Crippen LogP contribution in [0.4, 0.5) is 0 Å². The van der Waals surface area contributed by atoms with Crippen LogP contribution in [-0.2, 0) is 9.59 Å². The molecule has 6 heteroatoms. The highest BCUT2D eigenvalue weighted by Crippen LogP contribution is 2.16. The van der Waals surface area contributed by atoms with Gasteiger partial charge in [-0.05, 0) is 31.2 Å². The molecule has 1 aromatic rings. The Kier molecular flexibility index (Phi) is 7.51. The van der Waals surface area contributed by atoms with Crippen LogP contribution in [0.15, 0.2) is 23.1 Å². The molecule has 0 fully saturated rings. The van der Waals surface area contributed by atoms with Crippen LogP contribution in [-0.4, -0.2) is 28.1 Å². The lowest BCUT2D eigenvalue weighted by Gasteiger charge is -2.23. The van der Waals surface area contributed by atoms with Crippen molar-refractivity contribution in [3.63, 3.8) is 0 Å². The number of carboxylic acids is 1. The lowest BCUT2D eigenvalue weighted by Crippen LogP contribution is -2.40. The Hall–Kier alpha value is -2.11. The molecular formula is C17H26N2O4. The number of unbranched alkanes of at least 4 members (excludes halogenated alkanes) is 2. The van der Waals surface area contributed by atoms with E-state index in [1.165, 1.54) is 10.6 Å². The fourth-order valence-electron chi connectivity index (χ4n) is 2.48. The van der Waals surface area contributed by atoms with Crippen LogP contribution in [0.1, 0.15) is 51.1 Å². The summed E-state index contributed by atoms with van der Waals surface area (Å²) in [6.07, 6.45) is 3.95. The number of hydrogen-bond donors (Lipinski definition) is 2. The molecule has 2 N–H and O–H groups in total. The summed E-state index contributed by atoms with van der Waals surface area (Å²) in [7, 11) is 0. The van der Waals surface area contributed by atoms with Crippen LogP contribution in [0.3, 0.4) is 0 Å². The van der Waals surface area contributed by atoms with Crippen LogP contribution in [0.25, 0.3) is 0 Å². The highest BCUT2D eigenvalue weighted by molar-refractivity contribution is 5.80. The van der Waals surface area contributed by atoms with Gasteiger partial charge in [-0.1, -0.05) is 26.3 Å². The maximum Gasteiger partial charge on any atom is 0.303 e. The molecule has 0 aromatic carbocycles.